The van der Waals surface area contributed by atoms with Gasteiger partial charge >= 0.3 is 0 Å². The zero-order chi connectivity index (χ0) is 14.7. The Bertz CT molecular complexity index is 463. The molecule has 1 rings (SSSR count). The van der Waals surface area contributed by atoms with Gasteiger partial charge in [-0.3, -0.25) is 4.79 Å². The van der Waals surface area contributed by atoms with Crippen LogP contribution in [0.25, 0.3) is 0 Å². The molecule has 0 aromatic carbocycles. The van der Waals surface area contributed by atoms with E-state index >= 15 is 0 Å². The maximum atomic E-state index is 13.5. The van der Waals surface area contributed by atoms with Crippen molar-refractivity contribution in [2.24, 2.45) is 0 Å². The average Bonchev–Trinajstić information content (AvgIpc) is 2.37. The zero-order valence-corrected chi connectivity index (χ0v) is 10.8. The van der Waals surface area contributed by atoms with Crippen molar-refractivity contribution in [2.45, 2.75) is 26.7 Å². The third-order valence-corrected chi connectivity index (χ3v) is 2.91. The third-order valence-electron chi connectivity index (χ3n) is 2.91. The largest absolute Gasteiger partial charge is 0.343 e. The molecule has 0 spiro atoms. The SMILES string of the molecule is CCN(CC)C(=O)C(C)c1c(F)c(F)nc(F)c1F. The Balaban J connectivity index is 3.26. The second kappa shape index (κ2) is 5.99. The summed E-state index contributed by atoms with van der Waals surface area (Å²) in [7, 11) is 0. The molecule has 106 valence electrons. The lowest BCUT2D eigenvalue weighted by molar-refractivity contribution is -0.132. The molecule has 1 atom stereocenters. The van der Waals surface area contributed by atoms with E-state index in [0.717, 1.165) is 0 Å². The number of likely N-dealkylation sites (N-methyl/N-ethyl adjacent to an activating group) is 1. The Kier molecular flexibility index (Phi) is 4.85. The van der Waals surface area contributed by atoms with Crippen molar-refractivity contribution >= 4 is 5.91 Å². The van der Waals surface area contributed by atoms with E-state index in [4.69, 9.17) is 0 Å². The maximum absolute atomic E-state index is 13.5. The molecule has 0 aliphatic heterocycles. The van der Waals surface area contributed by atoms with E-state index in [2.05, 4.69) is 4.98 Å². The van der Waals surface area contributed by atoms with Crippen molar-refractivity contribution in [3.05, 3.63) is 29.1 Å². The second-order valence-electron chi connectivity index (χ2n) is 3.97. The molecule has 1 aromatic heterocycles. The number of halogens is 4. The molecule has 0 bridgehead atoms. The van der Waals surface area contributed by atoms with Crippen LogP contribution in [0, 0.1) is 23.5 Å². The van der Waals surface area contributed by atoms with Crippen molar-refractivity contribution in [3.63, 3.8) is 0 Å². The third kappa shape index (κ3) is 2.85. The van der Waals surface area contributed by atoms with Gasteiger partial charge in [-0.05, 0) is 20.8 Å². The number of nitrogens with zero attached hydrogens (tertiary/aromatic N) is 2. The van der Waals surface area contributed by atoms with E-state index in [-0.39, 0.29) is 0 Å². The van der Waals surface area contributed by atoms with Crippen molar-refractivity contribution in [2.75, 3.05) is 13.1 Å². The summed E-state index contributed by atoms with van der Waals surface area (Å²) in [4.78, 5) is 15.7. The van der Waals surface area contributed by atoms with E-state index in [1.807, 2.05) is 0 Å². The summed E-state index contributed by atoms with van der Waals surface area (Å²) in [5.74, 6) is -8.71. The predicted octanol–water partition coefficient (Wildman–Crippen LogP) is 2.61. The van der Waals surface area contributed by atoms with E-state index in [9.17, 15) is 22.4 Å². The molecule has 0 aliphatic rings. The van der Waals surface area contributed by atoms with Gasteiger partial charge in [0, 0.05) is 18.7 Å². The smallest absolute Gasteiger partial charge is 0.252 e. The normalized spacial score (nSPS) is 12.4. The first-order valence-corrected chi connectivity index (χ1v) is 5.83. The molecule has 1 aromatic rings. The molecule has 1 heterocycles. The molecule has 1 unspecified atom stereocenters. The van der Waals surface area contributed by atoms with Gasteiger partial charge in [0.25, 0.3) is 11.9 Å². The summed E-state index contributed by atoms with van der Waals surface area (Å²) in [6.07, 6.45) is 0. The molecule has 19 heavy (non-hydrogen) atoms. The zero-order valence-electron chi connectivity index (χ0n) is 10.8. The molecular formula is C12H14F4N2O. The average molecular weight is 278 g/mol. The molecule has 7 heteroatoms. The molecule has 0 fully saturated rings. The van der Waals surface area contributed by atoms with Gasteiger partial charge in [-0.2, -0.15) is 13.8 Å². The number of pyridine rings is 1. The number of hydrogen-bond acceptors (Lipinski definition) is 2. The predicted molar refractivity (Wildman–Crippen MR) is 60.4 cm³/mol. The van der Waals surface area contributed by atoms with Crippen LogP contribution in [0.4, 0.5) is 17.6 Å². The molecule has 0 saturated heterocycles. The summed E-state index contributed by atoms with van der Waals surface area (Å²) < 4.78 is 53.0. The Morgan fingerprint density at radius 3 is 1.89 bits per heavy atom. The first kappa shape index (κ1) is 15.4. The lowest BCUT2D eigenvalue weighted by Crippen LogP contribution is -2.34. The fourth-order valence-corrected chi connectivity index (χ4v) is 1.82. The van der Waals surface area contributed by atoms with Crippen molar-refractivity contribution in [1.82, 2.24) is 9.88 Å². The lowest BCUT2D eigenvalue weighted by atomic mass is 9.99. The minimum atomic E-state index is -1.76. The van der Waals surface area contributed by atoms with Gasteiger partial charge in [0.1, 0.15) is 0 Å². The number of carbonyl (C=O) groups excluding carboxylic acids is 1. The highest BCUT2D eigenvalue weighted by molar-refractivity contribution is 5.83. The van der Waals surface area contributed by atoms with Crippen LogP contribution in [0.15, 0.2) is 0 Å². The summed E-state index contributed by atoms with van der Waals surface area (Å²) in [6.45, 7) is 5.24. The Morgan fingerprint density at radius 2 is 1.53 bits per heavy atom. The molecule has 3 nitrogen and oxygen atoms in total. The second-order valence-corrected chi connectivity index (χ2v) is 3.97. The highest BCUT2D eigenvalue weighted by Gasteiger charge is 2.30. The molecule has 0 saturated carbocycles. The highest BCUT2D eigenvalue weighted by atomic mass is 19.2. The van der Waals surface area contributed by atoms with Gasteiger partial charge in [0.05, 0.1) is 5.92 Å². The minimum absolute atomic E-state index is 0.332. The van der Waals surface area contributed by atoms with E-state index < -0.39 is 40.9 Å². The monoisotopic (exact) mass is 278 g/mol. The van der Waals surface area contributed by atoms with Crippen LogP contribution in [-0.2, 0) is 4.79 Å². The van der Waals surface area contributed by atoms with Crippen LogP contribution >= 0.6 is 0 Å². The minimum Gasteiger partial charge on any atom is -0.343 e. The van der Waals surface area contributed by atoms with Crippen LogP contribution in [0.1, 0.15) is 32.3 Å². The standard InChI is InChI=1S/C12H14F4N2O/c1-4-18(5-2)12(19)6(3)7-8(13)10(15)17-11(16)9(7)14/h6H,4-5H2,1-3H3. The van der Waals surface area contributed by atoms with Crippen LogP contribution in [-0.4, -0.2) is 28.9 Å². The van der Waals surface area contributed by atoms with Gasteiger partial charge in [0.2, 0.25) is 5.91 Å². The van der Waals surface area contributed by atoms with Gasteiger partial charge in [-0.25, -0.2) is 8.78 Å². The Labute approximate surface area is 108 Å². The molecule has 0 radical (unpaired) electrons. The number of rotatable bonds is 4. The highest BCUT2D eigenvalue weighted by Crippen LogP contribution is 2.26. The van der Waals surface area contributed by atoms with E-state index in [1.54, 1.807) is 13.8 Å². The van der Waals surface area contributed by atoms with Gasteiger partial charge in [-0.15, -0.1) is 0 Å². The van der Waals surface area contributed by atoms with Gasteiger partial charge in [0.15, 0.2) is 11.6 Å². The van der Waals surface area contributed by atoms with Gasteiger partial charge in [-0.1, -0.05) is 0 Å². The summed E-state index contributed by atoms with van der Waals surface area (Å²) in [5.41, 5.74) is -0.929. The van der Waals surface area contributed by atoms with Crippen LogP contribution in [0.2, 0.25) is 0 Å². The van der Waals surface area contributed by atoms with Crippen molar-refractivity contribution in [1.29, 1.82) is 0 Å². The van der Waals surface area contributed by atoms with Crippen LogP contribution in [0.5, 0.6) is 0 Å². The molecular weight excluding hydrogens is 264 g/mol. The fraction of sp³-hybridized carbons (Fsp3) is 0.500. The van der Waals surface area contributed by atoms with Crippen LogP contribution in [0.3, 0.4) is 0 Å². The van der Waals surface area contributed by atoms with Crippen LogP contribution < -0.4 is 0 Å². The number of aromatic nitrogens is 1. The van der Waals surface area contributed by atoms with E-state index in [0.29, 0.717) is 13.1 Å². The molecule has 1 amide bonds. The van der Waals surface area contributed by atoms with Crippen molar-refractivity contribution in [3.8, 4) is 0 Å². The topological polar surface area (TPSA) is 33.2 Å². The lowest BCUT2D eigenvalue weighted by Gasteiger charge is -2.23. The number of amides is 1. The first-order valence-electron chi connectivity index (χ1n) is 5.83. The maximum Gasteiger partial charge on any atom is 0.252 e. The summed E-state index contributed by atoms with van der Waals surface area (Å²) in [5, 5.41) is 0. The molecule has 0 aliphatic carbocycles. The fourth-order valence-electron chi connectivity index (χ4n) is 1.82. The van der Waals surface area contributed by atoms with Gasteiger partial charge < -0.3 is 4.90 Å². The number of hydrogen-bond donors (Lipinski definition) is 0. The van der Waals surface area contributed by atoms with E-state index in [1.165, 1.54) is 11.8 Å². The number of carbonyl (C=O) groups is 1. The molecule has 0 N–H and O–H groups in total. The Morgan fingerprint density at radius 1 is 1.11 bits per heavy atom. The summed E-state index contributed by atoms with van der Waals surface area (Å²) >= 11 is 0. The van der Waals surface area contributed by atoms with Crippen molar-refractivity contribution < 1.29 is 22.4 Å². The summed E-state index contributed by atoms with van der Waals surface area (Å²) in [6, 6.07) is 0. The Hall–Kier alpha value is -1.66. The quantitative estimate of drug-likeness (QED) is 0.626. The first-order chi connectivity index (χ1) is 8.84.